The summed E-state index contributed by atoms with van der Waals surface area (Å²) in [5.41, 5.74) is 0. The van der Waals surface area contributed by atoms with Gasteiger partial charge in [0.1, 0.15) is 22.4 Å². The fourth-order valence-electron chi connectivity index (χ4n) is 1.43. The van der Waals surface area contributed by atoms with Gasteiger partial charge in [-0.1, -0.05) is 0 Å². The third kappa shape index (κ3) is 3.05. The predicted molar refractivity (Wildman–Crippen MR) is 68.9 cm³/mol. The Balaban J connectivity index is 2.91. The van der Waals surface area contributed by atoms with Crippen molar-refractivity contribution in [3.63, 3.8) is 0 Å². The second-order valence-electron chi connectivity index (χ2n) is 3.27. The van der Waals surface area contributed by atoms with E-state index < -0.39 is 0 Å². The summed E-state index contributed by atoms with van der Waals surface area (Å²) in [5, 5.41) is 11.8. The van der Waals surface area contributed by atoms with Crippen LogP contribution in [0.4, 0.5) is 11.6 Å². The number of aliphatic hydroxyl groups is 1. The average molecular weight is 289 g/mol. The number of hydrogen-bond donors (Lipinski definition) is 2. The molecule has 0 spiro atoms. The molecule has 0 saturated heterocycles. The summed E-state index contributed by atoms with van der Waals surface area (Å²) >= 11 is 3.48. The number of hydrogen-bond acceptors (Lipinski definition) is 5. The first-order valence-electron chi connectivity index (χ1n) is 5.28. The van der Waals surface area contributed by atoms with Crippen LogP contribution in [0, 0.1) is 0 Å². The van der Waals surface area contributed by atoms with Crippen LogP contribution in [-0.4, -0.2) is 41.8 Å². The van der Waals surface area contributed by atoms with E-state index in [4.69, 9.17) is 5.11 Å². The summed E-state index contributed by atoms with van der Waals surface area (Å²) in [6.45, 7) is 3.88. The van der Waals surface area contributed by atoms with Crippen molar-refractivity contribution >= 4 is 27.6 Å². The van der Waals surface area contributed by atoms with Crippen LogP contribution in [0.25, 0.3) is 0 Å². The maximum Gasteiger partial charge on any atom is 0.148 e. The Kier molecular flexibility index (Phi) is 5.48. The van der Waals surface area contributed by atoms with E-state index in [1.807, 2.05) is 7.05 Å². The minimum atomic E-state index is 0.193. The summed E-state index contributed by atoms with van der Waals surface area (Å²) in [4.78, 5) is 10.5. The van der Waals surface area contributed by atoms with Gasteiger partial charge in [0.05, 0.1) is 0 Å². The molecule has 0 radical (unpaired) electrons. The molecule has 1 aromatic heterocycles. The van der Waals surface area contributed by atoms with Crippen molar-refractivity contribution in [2.75, 3.05) is 37.0 Å². The molecule has 0 aliphatic rings. The van der Waals surface area contributed by atoms with Gasteiger partial charge < -0.3 is 15.3 Å². The van der Waals surface area contributed by atoms with Gasteiger partial charge in [-0.25, -0.2) is 9.97 Å². The summed E-state index contributed by atoms with van der Waals surface area (Å²) in [7, 11) is 1.82. The van der Waals surface area contributed by atoms with Gasteiger partial charge in [-0.3, -0.25) is 0 Å². The molecule has 16 heavy (non-hydrogen) atoms. The Bertz CT molecular complexity index is 335. The Labute approximate surface area is 104 Å². The van der Waals surface area contributed by atoms with Gasteiger partial charge >= 0.3 is 0 Å². The molecule has 1 rings (SSSR count). The molecule has 0 aromatic carbocycles. The van der Waals surface area contributed by atoms with Crippen molar-refractivity contribution in [3.05, 3.63) is 10.8 Å². The van der Waals surface area contributed by atoms with Crippen molar-refractivity contribution in [1.82, 2.24) is 9.97 Å². The van der Waals surface area contributed by atoms with Gasteiger partial charge in [0, 0.05) is 26.7 Å². The molecule has 90 valence electrons. The molecule has 0 atom stereocenters. The number of nitrogens with one attached hydrogen (secondary N) is 1. The van der Waals surface area contributed by atoms with E-state index >= 15 is 0 Å². The Morgan fingerprint density at radius 2 is 2.25 bits per heavy atom. The van der Waals surface area contributed by atoms with E-state index in [2.05, 4.69) is 43.0 Å². The largest absolute Gasteiger partial charge is 0.396 e. The monoisotopic (exact) mass is 288 g/mol. The highest BCUT2D eigenvalue weighted by atomic mass is 79.9. The topological polar surface area (TPSA) is 61.3 Å². The molecule has 1 aromatic rings. The SMILES string of the molecule is CCN(CCCO)c1ncnc(NC)c1Br. The van der Waals surface area contributed by atoms with E-state index in [-0.39, 0.29) is 6.61 Å². The number of nitrogens with zero attached hydrogens (tertiary/aromatic N) is 3. The van der Waals surface area contributed by atoms with Crippen molar-refractivity contribution in [2.24, 2.45) is 0 Å². The summed E-state index contributed by atoms with van der Waals surface area (Å²) in [6, 6.07) is 0. The highest BCUT2D eigenvalue weighted by Gasteiger charge is 2.13. The van der Waals surface area contributed by atoms with E-state index in [1.165, 1.54) is 6.33 Å². The molecular weight excluding hydrogens is 272 g/mol. The molecule has 6 heteroatoms. The van der Waals surface area contributed by atoms with Crippen molar-refractivity contribution in [2.45, 2.75) is 13.3 Å². The van der Waals surface area contributed by atoms with Crippen LogP contribution in [0.1, 0.15) is 13.3 Å². The second kappa shape index (κ2) is 6.65. The zero-order chi connectivity index (χ0) is 12.0. The number of aliphatic hydroxyl groups excluding tert-OH is 1. The Morgan fingerprint density at radius 1 is 1.50 bits per heavy atom. The third-order valence-electron chi connectivity index (χ3n) is 2.28. The van der Waals surface area contributed by atoms with Crippen LogP contribution in [-0.2, 0) is 0 Å². The number of anilines is 2. The molecule has 0 aliphatic heterocycles. The van der Waals surface area contributed by atoms with Gasteiger partial charge in [-0.05, 0) is 29.3 Å². The average Bonchev–Trinajstić information content (AvgIpc) is 2.32. The fourth-order valence-corrected chi connectivity index (χ4v) is 2.08. The van der Waals surface area contributed by atoms with Gasteiger partial charge in [0.2, 0.25) is 0 Å². The minimum Gasteiger partial charge on any atom is -0.396 e. The highest BCUT2D eigenvalue weighted by molar-refractivity contribution is 9.10. The van der Waals surface area contributed by atoms with Crippen molar-refractivity contribution in [3.8, 4) is 0 Å². The van der Waals surface area contributed by atoms with Gasteiger partial charge in [-0.15, -0.1) is 0 Å². The van der Waals surface area contributed by atoms with Crippen molar-refractivity contribution < 1.29 is 5.11 Å². The van der Waals surface area contributed by atoms with Gasteiger partial charge in [0.15, 0.2) is 0 Å². The van der Waals surface area contributed by atoms with E-state index in [0.717, 1.165) is 35.6 Å². The maximum absolute atomic E-state index is 8.84. The Hall–Kier alpha value is -0.880. The fraction of sp³-hybridized carbons (Fsp3) is 0.600. The Morgan fingerprint density at radius 3 is 2.81 bits per heavy atom. The lowest BCUT2D eigenvalue weighted by Gasteiger charge is -2.23. The van der Waals surface area contributed by atoms with Crippen LogP contribution in [0.2, 0.25) is 0 Å². The predicted octanol–water partition coefficient (Wildman–Crippen LogP) is 1.49. The molecule has 2 N–H and O–H groups in total. The van der Waals surface area contributed by atoms with Crippen LogP contribution in [0.5, 0.6) is 0 Å². The highest BCUT2D eigenvalue weighted by Crippen LogP contribution is 2.28. The van der Waals surface area contributed by atoms with Crippen LogP contribution in [0.15, 0.2) is 10.8 Å². The summed E-state index contributed by atoms with van der Waals surface area (Å²) < 4.78 is 0.859. The first kappa shape index (κ1) is 13.2. The molecule has 1 heterocycles. The van der Waals surface area contributed by atoms with E-state index in [1.54, 1.807) is 0 Å². The van der Waals surface area contributed by atoms with Crippen LogP contribution < -0.4 is 10.2 Å². The molecule has 0 unspecified atom stereocenters. The van der Waals surface area contributed by atoms with E-state index in [0.29, 0.717) is 0 Å². The smallest absolute Gasteiger partial charge is 0.148 e. The molecular formula is C10H17BrN4O. The second-order valence-corrected chi connectivity index (χ2v) is 4.06. The lowest BCUT2D eigenvalue weighted by molar-refractivity contribution is 0.289. The molecule has 0 amide bonds. The molecule has 0 fully saturated rings. The van der Waals surface area contributed by atoms with Crippen molar-refractivity contribution in [1.29, 1.82) is 0 Å². The molecule has 0 bridgehead atoms. The van der Waals surface area contributed by atoms with Crippen LogP contribution in [0.3, 0.4) is 0 Å². The first-order chi connectivity index (χ1) is 7.74. The molecule has 0 saturated carbocycles. The maximum atomic E-state index is 8.84. The standard InChI is InChI=1S/C10H17BrN4O/c1-3-15(5-4-6-16)10-8(11)9(12-2)13-7-14-10/h7,16H,3-6H2,1-2H3,(H,12,13,14). The normalized spacial score (nSPS) is 10.2. The summed E-state index contributed by atoms with van der Waals surface area (Å²) in [5.74, 6) is 1.63. The lowest BCUT2D eigenvalue weighted by Crippen LogP contribution is -2.26. The molecule has 0 aliphatic carbocycles. The zero-order valence-electron chi connectivity index (χ0n) is 9.57. The van der Waals surface area contributed by atoms with Gasteiger partial charge in [-0.2, -0.15) is 0 Å². The first-order valence-corrected chi connectivity index (χ1v) is 6.07. The quantitative estimate of drug-likeness (QED) is 0.831. The van der Waals surface area contributed by atoms with E-state index in [9.17, 15) is 0 Å². The minimum absolute atomic E-state index is 0.193. The van der Waals surface area contributed by atoms with Gasteiger partial charge in [0.25, 0.3) is 0 Å². The number of aromatic nitrogens is 2. The third-order valence-corrected chi connectivity index (χ3v) is 3.01. The zero-order valence-corrected chi connectivity index (χ0v) is 11.2. The summed E-state index contributed by atoms with van der Waals surface area (Å²) in [6.07, 6.45) is 2.27. The number of halogens is 1. The van der Waals surface area contributed by atoms with Crippen LogP contribution >= 0.6 is 15.9 Å². The molecule has 5 nitrogen and oxygen atoms in total. The number of rotatable bonds is 6. The lowest BCUT2D eigenvalue weighted by atomic mass is 10.3.